The predicted octanol–water partition coefficient (Wildman–Crippen LogP) is 6.50. The minimum atomic E-state index is 0.550. The summed E-state index contributed by atoms with van der Waals surface area (Å²) < 4.78 is 0. The van der Waals surface area contributed by atoms with Gasteiger partial charge in [-0.25, -0.2) is 0 Å². The van der Waals surface area contributed by atoms with Crippen LogP contribution in [0.5, 0.6) is 0 Å². The molecule has 0 amide bonds. The number of aryl methyl sites for hydroxylation is 1. The summed E-state index contributed by atoms with van der Waals surface area (Å²) in [6.45, 7) is 11.1. The molecule has 0 heteroatoms. The maximum Gasteiger partial charge on any atom is -0.0106 e. The number of benzene rings is 2. The highest BCUT2D eigenvalue weighted by Crippen LogP contribution is 2.30. The Morgan fingerprint density at radius 1 is 0.857 bits per heavy atom. The van der Waals surface area contributed by atoms with E-state index in [1.165, 1.54) is 27.5 Å². The first-order valence-corrected chi connectivity index (χ1v) is 7.87. The van der Waals surface area contributed by atoms with Crippen molar-refractivity contribution in [3.05, 3.63) is 65.3 Å². The quantitative estimate of drug-likeness (QED) is 0.560. The Balaban J connectivity index is 2.53. The third-order valence-corrected chi connectivity index (χ3v) is 3.85. The number of rotatable bonds is 4. The maximum absolute atomic E-state index is 2.27. The van der Waals surface area contributed by atoms with Crippen LogP contribution in [-0.2, 0) is 0 Å². The predicted molar refractivity (Wildman–Crippen MR) is 95.8 cm³/mol. The molecule has 2 aromatic rings. The summed E-state index contributed by atoms with van der Waals surface area (Å²) in [4.78, 5) is 0. The van der Waals surface area contributed by atoms with E-state index in [1.54, 1.807) is 0 Å². The molecule has 0 aliphatic carbocycles. The average molecular weight is 278 g/mol. The summed E-state index contributed by atoms with van der Waals surface area (Å²) in [6.07, 6.45) is 8.76. The van der Waals surface area contributed by atoms with Gasteiger partial charge in [-0.1, -0.05) is 82.3 Å². The summed E-state index contributed by atoms with van der Waals surface area (Å²) in [6, 6.07) is 11.2. The molecule has 0 unspecified atom stereocenters. The zero-order valence-corrected chi connectivity index (χ0v) is 13.9. The van der Waals surface area contributed by atoms with Crippen molar-refractivity contribution >= 4 is 16.8 Å². The first-order chi connectivity index (χ1) is 10.0. The van der Waals surface area contributed by atoms with Crippen molar-refractivity contribution in [3.8, 4) is 0 Å². The fraction of sp³-hybridized carbons (Fsp3) is 0.333. The Morgan fingerprint density at radius 3 is 2.29 bits per heavy atom. The molecule has 0 heterocycles. The lowest BCUT2D eigenvalue weighted by atomic mass is 9.92. The lowest BCUT2D eigenvalue weighted by Gasteiger charge is -2.13. The Kier molecular flexibility index (Phi) is 5.01. The SMILES string of the molecule is Cc1ccc2c(C(C)C)cccc2c1/C=C\C=C\C(C)C. The molecule has 110 valence electrons. The molecule has 0 N–H and O–H groups in total. The van der Waals surface area contributed by atoms with Gasteiger partial charge in [-0.2, -0.15) is 0 Å². The zero-order valence-electron chi connectivity index (χ0n) is 13.9. The molecule has 0 atom stereocenters. The first-order valence-electron chi connectivity index (χ1n) is 7.87. The van der Waals surface area contributed by atoms with Crippen LogP contribution in [-0.4, -0.2) is 0 Å². The van der Waals surface area contributed by atoms with Gasteiger partial charge in [0.05, 0.1) is 0 Å². The van der Waals surface area contributed by atoms with E-state index < -0.39 is 0 Å². The molecule has 2 rings (SSSR count). The van der Waals surface area contributed by atoms with Crippen LogP contribution in [0, 0.1) is 12.8 Å². The fourth-order valence-electron chi connectivity index (χ4n) is 2.68. The minimum absolute atomic E-state index is 0.550. The van der Waals surface area contributed by atoms with Gasteiger partial charge in [-0.15, -0.1) is 0 Å². The third-order valence-electron chi connectivity index (χ3n) is 3.85. The highest BCUT2D eigenvalue weighted by Gasteiger charge is 2.08. The van der Waals surface area contributed by atoms with Crippen LogP contribution < -0.4 is 0 Å². The van der Waals surface area contributed by atoms with Crippen LogP contribution in [0.4, 0.5) is 0 Å². The van der Waals surface area contributed by atoms with E-state index in [1.807, 2.05) is 0 Å². The average Bonchev–Trinajstić information content (AvgIpc) is 2.44. The Hall–Kier alpha value is -1.82. The van der Waals surface area contributed by atoms with E-state index in [0.29, 0.717) is 11.8 Å². The first kappa shape index (κ1) is 15.6. The van der Waals surface area contributed by atoms with Crippen LogP contribution in [0.15, 0.2) is 48.6 Å². The van der Waals surface area contributed by atoms with Gasteiger partial charge in [0.1, 0.15) is 0 Å². The lowest BCUT2D eigenvalue weighted by Crippen LogP contribution is -1.92. The third kappa shape index (κ3) is 3.64. The molecule has 0 aromatic heterocycles. The Morgan fingerprint density at radius 2 is 1.62 bits per heavy atom. The van der Waals surface area contributed by atoms with Crippen molar-refractivity contribution in [2.75, 3.05) is 0 Å². The smallest absolute Gasteiger partial charge is 0.0106 e. The Labute approximate surface area is 129 Å². The molecule has 21 heavy (non-hydrogen) atoms. The molecule has 0 aliphatic rings. The van der Waals surface area contributed by atoms with E-state index >= 15 is 0 Å². The van der Waals surface area contributed by atoms with E-state index in [4.69, 9.17) is 0 Å². The zero-order chi connectivity index (χ0) is 15.4. The van der Waals surface area contributed by atoms with E-state index in [2.05, 4.69) is 89.3 Å². The highest BCUT2D eigenvalue weighted by molar-refractivity contribution is 5.94. The van der Waals surface area contributed by atoms with E-state index in [0.717, 1.165) is 0 Å². The standard InChI is InChI=1S/C21H26/c1-15(2)9-6-7-10-19-17(5)13-14-21-18(16(3)4)11-8-12-20(19)21/h6-16H,1-5H3/b9-6+,10-7-. The Bertz CT molecular complexity index is 670. The van der Waals surface area contributed by atoms with E-state index in [-0.39, 0.29) is 0 Å². The summed E-state index contributed by atoms with van der Waals surface area (Å²) in [5, 5.41) is 2.74. The van der Waals surface area contributed by atoms with Gasteiger partial charge in [0.25, 0.3) is 0 Å². The second-order valence-electron chi connectivity index (χ2n) is 6.38. The monoisotopic (exact) mass is 278 g/mol. The molecular formula is C21H26. The van der Waals surface area contributed by atoms with E-state index in [9.17, 15) is 0 Å². The molecule has 0 nitrogen and oxygen atoms in total. The van der Waals surface area contributed by atoms with Crippen LogP contribution in [0.25, 0.3) is 16.8 Å². The summed E-state index contributed by atoms with van der Waals surface area (Å²) in [5.74, 6) is 1.14. The molecule has 0 saturated heterocycles. The summed E-state index contributed by atoms with van der Waals surface area (Å²) >= 11 is 0. The molecule has 0 spiro atoms. The highest BCUT2D eigenvalue weighted by atomic mass is 14.1. The van der Waals surface area contributed by atoms with Gasteiger partial charge >= 0.3 is 0 Å². The maximum atomic E-state index is 2.27. The number of hydrogen-bond donors (Lipinski definition) is 0. The van der Waals surface area contributed by atoms with Crippen LogP contribution in [0.2, 0.25) is 0 Å². The topological polar surface area (TPSA) is 0 Å². The van der Waals surface area contributed by atoms with Crippen molar-refractivity contribution in [1.29, 1.82) is 0 Å². The van der Waals surface area contributed by atoms with Gasteiger partial charge in [-0.05, 0) is 46.2 Å². The minimum Gasteiger partial charge on any atom is -0.0820 e. The largest absolute Gasteiger partial charge is 0.0820 e. The summed E-state index contributed by atoms with van der Waals surface area (Å²) in [7, 11) is 0. The van der Waals surface area contributed by atoms with Crippen molar-refractivity contribution in [3.63, 3.8) is 0 Å². The van der Waals surface area contributed by atoms with Gasteiger partial charge in [0.15, 0.2) is 0 Å². The van der Waals surface area contributed by atoms with Gasteiger partial charge in [0.2, 0.25) is 0 Å². The fourth-order valence-corrected chi connectivity index (χ4v) is 2.68. The van der Waals surface area contributed by atoms with Crippen molar-refractivity contribution < 1.29 is 0 Å². The lowest BCUT2D eigenvalue weighted by molar-refractivity contribution is 0.832. The number of allylic oxidation sites excluding steroid dienone is 3. The molecule has 2 aromatic carbocycles. The second-order valence-corrected chi connectivity index (χ2v) is 6.38. The molecule has 0 aliphatic heterocycles. The van der Waals surface area contributed by atoms with Crippen molar-refractivity contribution in [2.45, 2.75) is 40.5 Å². The molecular weight excluding hydrogens is 252 g/mol. The van der Waals surface area contributed by atoms with Gasteiger partial charge in [0, 0.05) is 0 Å². The second kappa shape index (κ2) is 6.76. The van der Waals surface area contributed by atoms with Gasteiger partial charge < -0.3 is 0 Å². The van der Waals surface area contributed by atoms with Crippen LogP contribution in [0.1, 0.15) is 50.3 Å². The van der Waals surface area contributed by atoms with Crippen LogP contribution in [0.3, 0.4) is 0 Å². The molecule has 0 saturated carbocycles. The summed E-state index contributed by atoms with van der Waals surface area (Å²) in [5.41, 5.74) is 4.10. The van der Waals surface area contributed by atoms with Crippen molar-refractivity contribution in [1.82, 2.24) is 0 Å². The number of hydrogen-bond acceptors (Lipinski definition) is 0. The molecule has 0 bridgehead atoms. The van der Waals surface area contributed by atoms with Crippen LogP contribution >= 0.6 is 0 Å². The normalized spacial score (nSPS) is 12.5. The number of fused-ring (bicyclic) bond motifs is 1. The molecule has 0 radical (unpaired) electrons. The molecule has 0 fully saturated rings. The van der Waals surface area contributed by atoms with Crippen molar-refractivity contribution in [2.24, 2.45) is 5.92 Å². The van der Waals surface area contributed by atoms with Gasteiger partial charge in [-0.3, -0.25) is 0 Å².